The zero-order valence-electron chi connectivity index (χ0n) is 17.8. The molecule has 3 aromatic rings. The van der Waals surface area contributed by atoms with Crippen LogP contribution in [-0.4, -0.2) is 20.1 Å². The van der Waals surface area contributed by atoms with E-state index in [1.807, 2.05) is 36.4 Å². The van der Waals surface area contributed by atoms with Gasteiger partial charge in [-0.15, -0.1) is 0 Å². The summed E-state index contributed by atoms with van der Waals surface area (Å²) in [5.41, 5.74) is 3.13. The Hall–Kier alpha value is -3.47. The van der Waals surface area contributed by atoms with E-state index >= 15 is 0 Å². The highest BCUT2D eigenvalue weighted by molar-refractivity contribution is 6.04. The Morgan fingerprint density at radius 3 is 2.43 bits per heavy atom. The Balaban J connectivity index is 1.79. The van der Waals surface area contributed by atoms with Crippen molar-refractivity contribution in [2.75, 3.05) is 19.5 Å². The summed E-state index contributed by atoms with van der Waals surface area (Å²) in [5, 5.41) is 2.89. The van der Waals surface area contributed by atoms with Gasteiger partial charge in [0.15, 0.2) is 0 Å². The smallest absolute Gasteiger partial charge is 0.255 e. The lowest BCUT2D eigenvalue weighted by Crippen LogP contribution is -2.13. The van der Waals surface area contributed by atoms with E-state index in [9.17, 15) is 4.79 Å². The third-order valence-corrected chi connectivity index (χ3v) is 4.79. The van der Waals surface area contributed by atoms with Gasteiger partial charge < -0.3 is 19.5 Å². The molecule has 5 heteroatoms. The molecule has 0 saturated carbocycles. The molecule has 0 atom stereocenters. The monoisotopic (exact) mass is 405 g/mol. The number of amides is 1. The normalized spacial score (nSPS) is 10.6. The Morgan fingerprint density at radius 2 is 1.70 bits per heavy atom. The van der Waals surface area contributed by atoms with Gasteiger partial charge in [-0.1, -0.05) is 38.1 Å². The van der Waals surface area contributed by atoms with Gasteiger partial charge in [0.25, 0.3) is 5.91 Å². The zero-order valence-corrected chi connectivity index (χ0v) is 17.8. The first-order valence-electron chi connectivity index (χ1n) is 9.86. The van der Waals surface area contributed by atoms with Crippen LogP contribution in [0.25, 0.3) is 0 Å². The first-order valence-corrected chi connectivity index (χ1v) is 9.86. The van der Waals surface area contributed by atoms with Crippen LogP contribution in [0, 0.1) is 0 Å². The van der Waals surface area contributed by atoms with E-state index in [2.05, 4.69) is 25.2 Å². The van der Waals surface area contributed by atoms with Gasteiger partial charge in [0.05, 0.1) is 14.2 Å². The number of para-hydroxylation sites is 1. The highest BCUT2D eigenvalue weighted by atomic mass is 16.5. The number of nitrogens with one attached hydrogen (secondary N) is 1. The van der Waals surface area contributed by atoms with Crippen LogP contribution in [0.1, 0.15) is 41.3 Å². The highest BCUT2D eigenvalue weighted by Gasteiger charge is 2.13. The van der Waals surface area contributed by atoms with Gasteiger partial charge in [0.2, 0.25) is 0 Å². The highest BCUT2D eigenvalue weighted by Crippen LogP contribution is 2.28. The summed E-state index contributed by atoms with van der Waals surface area (Å²) >= 11 is 0. The number of carbonyl (C=O) groups excluding carboxylic acids is 1. The van der Waals surface area contributed by atoms with E-state index in [4.69, 9.17) is 14.2 Å². The molecule has 0 aliphatic heterocycles. The van der Waals surface area contributed by atoms with Crippen molar-refractivity contribution in [2.45, 2.75) is 26.4 Å². The van der Waals surface area contributed by atoms with Crippen LogP contribution in [0.5, 0.6) is 17.2 Å². The molecule has 0 heterocycles. The predicted octanol–water partition coefficient (Wildman–Crippen LogP) is 5.66. The molecular weight excluding hydrogens is 378 g/mol. The molecule has 3 rings (SSSR count). The van der Waals surface area contributed by atoms with Crippen LogP contribution >= 0.6 is 0 Å². The number of hydrogen-bond donors (Lipinski definition) is 1. The molecule has 5 nitrogen and oxygen atoms in total. The van der Waals surface area contributed by atoms with Gasteiger partial charge in [0.1, 0.15) is 23.9 Å². The summed E-state index contributed by atoms with van der Waals surface area (Å²) in [6.07, 6.45) is 0. The van der Waals surface area contributed by atoms with Crippen molar-refractivity contribution in [3.05, 3.63) is 83.4 Å². The Morgan fingerprint density at radius 1 is 0.900 bits per heavy atom. The van der Waals surface area contributed by atoms with Crippen LogP contribution in [0.3, 0.4) is 0 Å². The first-order chi connectivity index (χ1) is 14.5. The molecule has 0 spiro atoms. The second kappa shape index (κ2) is 9.83. The van der Waals surface area contributed by atoms with Crippen LogP contribution in [0.15, 0.2) is 66.7 Å². The number of rotatable bonds is 8. The summed E-state index contributed by atoms with van der Waals surface area (Å²) in [7, 11) is 3.20. The van der Waals surface area contributed by atoms with E-state index in [1.165, 1.54) is 0 Å². The standard InChI is InChI=1S/C25H27NO4/c1-17(2)22-10-5-6-11-24(22)30-16-19-14-18(12-13-23(19)29-4)25(27)26-20-8-7-9-21(15-20)28-3/h5-15,17H,16H2,1-4H3,(H,26,27). The largest absolute Gasteiger partial charge is 0.497 e. The number of anilines is 1. The lowest BCUT2D eigenvalue weighted by atomic mass is 10.0. The minimum atomic E-state index is -0.213. The van der Waals surface area contributed by atoms with Crippen molar-refractivity contribution >= 4 is 11.6 Å². The van der Waals surface area contributed by atoms with E-state index in [0.717, 1.165) is 16.9 Å². The second-order valence-electron chi connectivity index (χ2n) is 7.19. The maximum absolute atomic E-state index is 12.7. The van der Waals surface area contributed by atoms with Crippen LogP contribution in [0.2, 0.25) is 0 Å². The Kier molecular flexibility index (Phi) is 6.96. The molecule has 156 valence electrons. The summed E-state index contributed by atoms with van der Waals surface area (Å²) in [6, 6.07) is 20.5. The number of carbonyl (C=O) groups is 1. The van der Waals surface area contributed by atoms with Gasteiger partial charge in [0, 0.05) is 22.9 Å². The van der Waals surface area contributed by atoms with Gasteiger partial charge in [-0.2, -0.15) is 0 Å². The fourth-order valence-corrected chi connectivity index (χ4v) is 3.18. The molecular formula is C25H27NO4. The molecule has 0 unspecified atom stereocenters. The minimum absolute atomic E-state index is 0.213. The third kappa shape index (κ3) is 5.11. The number of hydrogen-bond acceptors (Lipinski definition) is 4. The topological polar surface area (TPSA) is 56.8 Å². The predicted molar refractivity (Wildman–Crippen MR) is 119 cm³/mol. The average molecular weight is 405 g/mol. The number of ether oxygens (including phenoxy) is 3. The molecule has 0 aliphatic carbocycles. The minimum Gasteiger partial charge on any atom is -0.497 e. The first kappa shape index (κ1) is 21.2. The molecule has 0 radical (unpaired) electrons. The summed E-state index contributed by atoms with van der Waals surface area (Å²) < 4.78 is 16.8. The second-order valence-corrected chi connectivity index (χ2v) is 7.19. The average Bonchev–Trinajstić information content (AvgIpc) is 2.77. The van der Waals surface area contributed by atoms with Crippen molar-refractivity contribution in [3.8, 4) is 17.2 Å². The lowest BCUT2D eigenvalue weighted by molar-refractivity contribution is 0.102. The van der Waals surface area contributed by atoms with Crippen molar-refractivity contribution in [1.29, 1.82) is 0 Å². The van der Waals surface area contributed by atoms with Gasteiger partial charge in [-0.05, 0) is 47.9 Å². The van der Waals surface area contributed by atoms with Crippen molar-refractivity contribution in [3.63, 3.8) is 0 Å². The Bertz CT molecular complexity index is 1010. The van der Waals surface area contributed by atoms with Crippen LogP contribution in [0.4, 0.5) is 5.69 Å². The fraction of sp³-hybridized carbons (Fsp3) is 0.240. The number of benzene rings is 3. The van der Waals surface area contributed by atoms with E-state index in [-0.39, 0.29) is 5.91 Å². The van der Waals surface area contributed by atoms with E-state index in [1.54, 1.807) is 38.5 Å². The lowest BCUT2D eigenvalue weighted by Gasteiger charge is -2.16. The molecule has 1 N–H and O–H groups in total. The zero-order chi connectivity index (χ0) is 21.5. The molecule has 30 heavy (non-hydrogen) atoms. The Labute approximate surface area is 177 Å². The van der Waals surface area contributed by atoms with E-state index in [0.29, 0.717) is 35.3 Å². The van der Waals surface area contributed by atoms with Gasteiger partial charge in [-0.3, -0.25) is 4.79 Å². The number of methoxy groups -OCH3 is 2. The van der Waals surface area contributed by atoms with Gasteiger partial charge in [-0.25, -0.2) is 0 Å². The maximum Gasteiger partial charge on any atom is 0.255 e. The molecule has 0 aromatic heterocycles. The summed E-state index contributed by atoms with van der Waals surface area (Å²) in [5.74, 6) is 2.33. The molecule has 0 bridgehead atoms. The van der Waals surface area contributed by atoms with E-state index < -0.39 is 0 Å². The molecule has 0 fully saturated rings. The van der Waals surface area contributed by atoms with Crippen LogP contribution < -0.4 is 19.5 Å². The maximum atomic E-state index is 12.7. The SMILES string of the molecule is COc1cccc(NC(=O)c2ccc(OC)c(COc3ccccc3C(C)C)c2)c1. The van der Waals surface area contributed by atoms with Crippen molar-refractivity contribution in [2.24, 2.45) is 0 Å². The van der Waals surface area contributed by atoms with Crippen molar-refractivity contribution < 1.29 is 19.0 Å². The van der Waals surface area contributed by atoms with Gasteiger partial charge >= 0.3 is 0 Å². The molecule has 3 aromatic carbocycles. The van der Waals surface area contributed by atoms with Crippen LogP contribution in [-0.2, 0) is 6.61 Å². The van der Waals surface area contributed by atoms with Crippen molar-refractivity contribution in [1.82, 2.24) is 0 Å². The molecule has 0 saturated heterocycles. The molecule has 0 aliphatic rings. The summed E-state index contributed by atoms with van der Waals surface area (Å²) in [6.45, 7) is 4.56. The molecule has 1 amide bonds. The third-order valence-electron chi connectivity index (χ3n) is 4.79. The summed E-state index contributed by atoms with van der Waals surface area (Å²) in [4.78, 5) is 12.7. The quantitative estimate of drug-likeness (QED) is 0.525. The fourth-order valence-electron chi connectivity index (χ4n) is 3.18.